The van der Waals surface area contributed by atoms with Gasteiger partial charge in [-0.1, -0.05) is 18.5 Å². The topological polar surface area (TPSA) is 29.9 Å². The lowest BCUT2D eigenvalue weighted by atomic mass is 10.1. The average Bonchev–Trinajstić information content (AvgIpc) is 2.91. The third kappa shape index (κ3) is 2.46. The largest absolute Gasteiger partial charge is 0.307 e. The summed E-state index contributed by atoms with van der Waals surface area (Å²) in [5.41, 5.74) is 2.35. The predicted molar refractivity (Wildman–Crippen MR) is 77.5 cm³/mol. The highest BCUT2D eigenvalue weighted by Gasteiger charge is 2.22. The van der Waals surface area contributed by atoms with Crippen LogP contribution in [0.4, 0.5) is 0 Å². The molecule has 2 aromatic heterocycles. The molecule has 0 aliphatic carbocycles. The molecule has 0 saturated heterocycles. The molecule has 1 N–H and O–H groups in total. The van der Waals surface area contributed by atoms with Crippen LogP contribution in [0.3, 0.4) is 0 Å². The maximum absolute atomic E-state index is 6.30. The van der Waals surface area contributed by atoms with Gasteiger partial charge in [0.05, 0.1) is 23.0 Å². The second-order valence-corrected chi connectivity index (χ2v) is 5.65. The molecule has 18 heavy (non-hydrogen) atoms. The minimum atomic E-state index is 0.117. The molecule has 0 bridgehead atoms. The Morgan fingerprint density at radius 2 is 2.33 bits per heavy atom. The summed E-state index contributed by atoms with van der Waals surface area (Å²) in [5.74, 6) is 0. The van der Waals surface area contributed by atoms with E-state index in [-0.39, 0.29) is 6.04 Å². The molecule has 0 saturated carbocycles. The van der Waals surface area contributed by atoms with Crippen LogP contribution in [0.25, 0.3) is 0 Å². The molecule has 98 valence electrons. The van der Waals surface area contributed by atoms with Crippen molar-refractivity contribution >= 4 is 22.9 Å². The van der Waals surface area contributed by atoms with E-state index in [2.05, 4.69) is 35.7 Å². The van der Waals surface area contributed by atoms with Gasteiger partial charge in [0.1, 0.15) is 0 Å². The van der Waals surface area contributed by atoms with Crippen molar-refractivity contribution in [2.24, 2.45) is 0 Å². The highest BCUT2D eigenvalue weighted by atomic mass is 35.5. The summed E-state index contributed by atoms with van der Waals surface area (Å²) in [5, 5.41) is 10.6. The molecule has 5 heteroatoms. The third-order valence-corrected chi connectivity index (χ3v) is 4.37. The van der Waals surface area contributed by atoms with Crippen LogP contribution in [0.5, 0.6) is 0 Å². The number of rotatable bonds is 5. The molecule has 0 radical (unpaired) electrons. The Bertz CT molecular complexity index is 518. The minimum absolute atomic E-state index is 0.117. The van der Waals surface area contributed by atoms with Crippen LogP contribution in [0, 0.1) is 6.92 Å². The van der Waals surface area contributed by atoms with E-state index in [1.807, 2.05) is 11.7 Å². The van der Waals surface area contributed by atoms with Crippen molar-refractivity contribution in [3.05, 3.63) is 38.8 Å². The molecule has 0 aliphatic heterocycles. The van der Waals surface area contributed by atoms with Crippen LogP contribution in [-0.4, -0.2) is 16.8 Å². The highest BCUT2D eigenvalue weighted by molar-refractivity contribution is 7.10. The molecule has 0 aliphatic rings. The molecule has 0 amide bonds. The molecule has 1 unspecified atom stereocenters. The Hall–Kier alpha value is -0.840. The lowest BCUT2D eigenvalue weighted by molar-refractivity contribution is 0.537. The summed E-state index contributed by atoms with van der Waals surface area (Å²) in [4.78, 5) is 1.30. The standard InChI is InChI=1S/C13H18ClN3S/c1-4-6-17-12(10(14)8-16-17)11(15-3)13-9(2)5-7-18-13/h5,7-8,11,15H,4,6H2,1-3H3. The van der Waals surface area contributed by atoms with Crippen LogP contribution in [0.15, 0.2) is 17.6 Å². The Kier molecular flexibility index (Phi) is 4.43. The number of halogens is 1. The van der Waals surface area contributed by atoms with E-state index in [4.69, 9.17) is 11.6 Å². The fourth-order valence-electron chi connectivity index (χ4n) is 2.12. The maximum atomic E-state index is 6.30. The van der Waals surface area contributed by atoms with Crippen LogP contribution >= 0.6 is 22.9 Å². The molecule has 0 fully saturated rings. The predicted octanol–water partition coefficient (Wildman–Crippen LogP) is 3.63. The third-order valence-electron chi connectivity index (χ3n) is 2.99. The van der Waals surface area contributed by atoms with Crippen LogP contribution in [-0.2, 0) is 6.54 Å². The Balaban J connectivity index is 2.45. The zero-order chi connectivity index (χ0) is 13.1. The number of nitrogens with one attached hydrogen (secondary N) is 1. The van der Waals surface area contributed by atoms with Gasteiger partial charge in [-0.15, -0.1) is 11.3 Å². The summed E-state index contributed by atoms with van der Waals surface area (Å²) < 4.78 is 2.00. The Morgan fingerprint density at radius 1 is 1.56 bits per heavy atom. The summed E-state index contributed by atoms with van der Waals surface area (Å²) in [6, 6.07) is 2.25. The van der Waals surface area contributed by atoms with E-state index < -0.39 is 0 Å². The fourth-order valence-corrected chi connectivity index (χ4v) is 3.41. The molecular formula is C13H18ClN3S. The molecule has 2 aromatic rings. The number of aromatic nitrogens is 2. The molecule has 2 heterocycles. The van der Waals surface area contributed by atoms with Gasteiger partial charge in [0.2, 0.25) is 0 Å². The summed E-state index contributed by atoms with van der Waals surface area (Å²) in [7, 11) is 1.96. The van der Waals surface area contributed by atoms with Crippen LogP contribution < -0.4 is 5.32 Å². The first kappa shape index (κ1) is 13.6. The quantitative estimate of drug-likeness (QED) is 0.908. The van der Waals surface area contributed by atoms with Gasteiger partial charge in [-0.05, 0) is 37.4 Å². The number of nitrogens with zero attached hydrogens (tertiary/aromatic N) is 2. The molecule has 1 atom stereocenters. The van der Waals surface area contributed by atoms with Crippen molar-refractivity contribution in [2.45, 2.75) is 32.9 Å². The SMILES string of the molecule is CCCn1ncc(Cl)c1C(NC)c1sccc1C. The van der Waals surface area contributed by atoms with E-state index in [9.17, 15) is 0 Å². The molecule has 0 aromatic carbocycles. The first-order valence-corrected chi connectivity index (χ1v) is 7.37. The lowest BCUT2D eigenvalue weighted by Gasteiger charge is -2.18. The van der Waals surface area contributed by atoms with Crippen molar-refractivity contribution in [3.8, 4) is 0 Å². The van der Waals surface area contributed by atoms with Gasteiger partial charge in [-0.3, -0.25) is 4.68 Å². The molecule has 3 nitrogen and oxygen atoms in total. The number of aryl methyl sites for hydroxylation is 2. The maximum Gasteiger partial charge on any atom is 0.0857 e. The smallest absolute Gasteiger partial charge is 0.0857 e. The van der Waals surface area contributed by atoms with E-state index >= 15 is 0 Å². The van der Waals surface area contributed by atoms with E-state index in [0.29, 0.717) is 0 Å². The van der Waals surface area contributed by atoms with Crippen molar-refractivity contribution in [3.63, 3.8) is 0 Å². The van der Waals surface area contributed by atoms with Crippen molar-refractivity contribution in [1.82, 2.24) is 15.1 Å². The monoisotopic (exact) mass is 283 g/mol. The first-order valence-electron chi connectivity index (χ1n) is 6.11. The van der Waals surface area contributed by atoms with Crippen molar-refractivity contribution in [1.29, 1.82) is 0 Å². The van der Waals surface area contributed by atoms with Gasteiger partial charge in [-0.2, -0.15) is 5.10 Å². The van der Waals surface area contributed by atoms with E-state index in [0.717, 1.165) is 23.7 Å². The minimum Gasteiger partial charge on any atom is -0.307 e. The number of thiophene rings is 1. The number of hydrogen-bond acceptors (Lipinski definition) is 3. The van der Waals surface area contributed by atoms with Crippen molar-refractivity contribution in [2.75, 3.05) is 7.05 Å². The Morgan fingerprint density at radius 3 is 2.89 bits per heavy atom. The van der Waals surface area contributed by atoms with Gasteiger partial charge in [0.15, 0.2) is 0 Å². The van der Waals surface area contributed by atoms with Gasteiger partial charge >= 0.3 is 0 Å². The van der Waals surface area contributed by atoms with Gasteiger partial charge < -0.3 is 5.32 Å². The first-order chi connectivity index (χ1) is 8.69. The summed E-state index contributed by atoms with van der Waals surface area (Å²) in [6.07, 6.45) is 2.78. The zero-order valence-electron chi connectivity index (χ0n) is 10.9. The molecule has 0 spiro atoms. The average molecular weight is 284 g/mol. The van der Waals surface area contributed by atoms with E-state index in [1.54, 1.807) is 17.5 Å². The van der Waals surface area contributed by atoms with Gasteiger partial charge in [0, 0.05) is 11.4 Å². The van der Waals surface area contributed by atoms with Crippen LogP contribution in [0.2, 0.25) is 5.02 Å². The number of hydrogen-bond donors (Lipinski definition) is 1. The summed E-state index contributed by atoms with van der Waals surface area (Å²) in [6.45, 7) is 5.17. The van der Waals surface area contributed by atoms with Crippen LogP contribution in [0.1, 0.15) is 35.5 Å². The van der Waals surface area contributed by atoms with Crippen molar-refractivity contribution < 1.29 is 0 Å². The van der Waals surface area contributed by atoms with Gasteiger partial charge in [0.25, 0.3) is 0 Å². The molecule has 2 rings (SSSR count). The normalized spacial score (nSPS) is 12.9. The second kappa shape index (κ2) is 5.87. The van der Waals surface area contributed by atoms with E-state index in [1.165, 1.54) is 10.4 Å². The second-order valence-electron chi connectivity index (χ2n) is 4.29. The highest BCUT2D eigenvalue weighted by Crippen LogP contribution is 2.33. The summed E-state index contributed by atoms with van der Waals surface area (Å²) >= 11 is 8.06. The fraction of sp³-hybridized carbons (Fsp3) is 0.462. The zero-order valence-corrected chi connectivity index (χ0v) is 12.5. The Labute approximate surface area is 117 Å². The lowest BCUT2D eigenvalue weighted by Crippen LogP contribution is -2.21. The van der Waals surface area contributed by atoms with Gasteiger partial charge in [-0.25, -0.2) is 0 Å². The molecular weight excluding hydrogens is 266 g/mol.